The number of rotatable bonds is 3. The van der Waals surface area contributed by atoms with Crippen molar-refractivity contribution in [3.05, 3.63) is 59.4 Å². The number of allylic oxidation sites excluding steroid dienone is 5. The van der Waals surface area contributed by atoms with Gasteiger partial charge in [-0.15, -0.1) is 0 Å². The van der Waals surface area contributed by atoms with Crippen molar-refractivity contribution in [2.75, 3.05) is 0 Å². The van der Waals surface area contributed by atoms with E-state index in [-0.39, 0.29) is 17.7 Å². The van der Waals surface area contributed by atoms with Crippen LogP contribution in [0.1, 0.15) is 20.3 Å². The van der Waals surface area contributed by atoms with Gasteiger partial charge in [0.25, 0.3) is 5.91 Å². The number of fused-ring (bicyclic) bond motifs is 1. The average Bonchev–Trinajstić information content (AvgIpc) is 2.79. The summed E-state index contributed by atoms with van der Waals surface area (Å²) >= 11 is 0. The van der Waals surface area contributed by atoms with Crippen molar-refractivity contribution in [2.45, 2.75) is 31.8 Å². The Morgan fingerprint density at radius 2 is 2.04 bits per heavy atom. The van der Waals surface area contributed by atoms with Crippen LogP contribution < -0.4 is 10.6 Å². The van der Waals surface area contributed by atoms with Crippen molar-refractivity contribution in [1.82, 2.24) is 10.6 Å². The minimum absolute atomic E-state index is 0.0489. The van der Waals surface area contributed by atoms with E-state index in [0.717, 1.165) is 11.3 Å². The standard InChI is InChI=1S/C19H20N2O4/c1-19(2,18(24)25)21-17(23)11-8-9-13-15(10-11)20-14-7-5-3-4-6-12(14)16(13)22/h3-5,7-10,13,15,20H,6H2,1-2H3,(H,21,23)(H,24,25). The number of nitrogens with one attached hydrogen (secondary N) is 2. The van der Waals surface area contributed by atoms with Gasteiger partial charge >= 0.3 is 5.97 Å². The molecule has 1 amide bonds. The quantitative estimate of drug-likeness (QED) is 0.722. The van der Waals surface area contributed by atoms with Crippen molar-refractivity contribution in [3.63, 3.8) is 0 Å². The number of carboxylic acid groups (broad SMARTS) is 1. The first-order valence-electron chi connectivity index (χ1n) is 8.12. The normalized spacial score (nSPS) is 24.7. The second-order valence-electron chi connectivity index (χ2n) is 6.81. The molecular formula is C19H20N2O4. The molecule has 0 saturated heterocycles. The van der Waals surface area contributed by atoms with Crippen molar-refractivity contribution < 1.29 is 19.5 Å². The number of hydrogen-bond donors (Lipinski definition) is 3. The van der Waals surface area contributed by atoms with Gasteiger partial charge in [0.2, 0.25) is 0 Å². The predicted octanol–water partition coefficient (Wildman–Crippen LogP) is 1.39. The van der Waals surface area contributed by atoms with Crippen LogP contribution in [0.25, 0.3) is 0 Å². The first kappa shape index (κ1) is 17.0. The van der Waals surface area contributed by atoms with E-state index in [1.54, 1.807) is 18.2 Å². The lowest BCUT2D eigenvalue weighted by atomic mass is 9.81. The molecule has 3 rings (SSSR count). The second-order valence-corrected chi connectivity index (χ2v) is 6.81. The Balaban J connectivity index is 1.83. The molecule has 0 fully saturated rings. The number of carbonyl (C=O) groups excluding carboxylic acids is 2. The number of carboxylic acids is 1. The molecule has 6 nitrogen and oxygen atoms in total. The number of ketones is 1. The van der Waals surface area contributed by atoms with E-state index >= 15 is 0 Å². The van der Waals surface area contributed by atoms with Gasteiger partial charge in [-0.1, -0.05) is 30.4 Å². The zero-order valence-electron chi connectivity index (χ0n) is 14.1. The van der Waals surface area contributed by atoms with Crippen LogP contribution in [0, 0.1) is 5.92 Å². The smallest absolute Gasteiger partial charge is 0.328 e. The molecule has 2 atom stereocenters. The molecule has 3 aliphatic rings. The first-order chi connectivity index (χ1) is 11.8. The largest absolute Gasteiger partial charge is 0.480 e. The van der Waals surface area contributed by atoms with Crippen LogP contribution >= 0.6 is 0 Å². The highest BCUT2D eigenvalue weighted by atomic mass is 16.4. The average molecular weight is 340 g/mol. The molecule has 130 valence electrons. The van der Waals surface area contributed by atoms with Gasteiger partial charge in [0.1, 0.15) is 5.54 Å². The Kier molecular flexibility index (Phi) is 4.20. The summed E-state index contributed by atoms with van der Waals surface area (Å²) in [7, 11) is 0. The highest BCUT2D eigenvalue weighted by Gasteiger charge is 2.36. The van der Waals surface area contributed by atoms with E-state index < -0.39 is 17.4 Å². The van der Waals surface area contributed by atoms with Crippen molar-refractivity contribution >= 4 is 17.7 Å². The van der Waals surface area contributed by atoms with Crippen molar-refractivity contribution in [1.29, 1.82) is 0 Å². The van der Waals surface area contributed by atoms with Crippen LogP contribution in [0.3, 0.4) is 0 Å². The van der Waals surface area contributed by atoms with E-state index in [2.05, 4.69) is 10.6 Å². The monoisotopic (exact) mass is 340 g/mol. The van der Waals surface area contributed by atoms with Gasteiger partial charge in [-0.05, 0) is 32.4 Å². The molecule has 3 N–H and O–H groups in total. The van der Waals surface area contributed by atoms with Crippen LogP contribution in [-0.2, 0) is 14.4 Å². The summed E-state index contributed by atoms with van der Waals surface area (Å²) in [6, 6.07) is -0.326. The Morgan fingerprint density at radius 3 is 2.76 bits per heavy atom. The van der Waals surface area contributed by atoms with Crippen LogP contribution in [0.2, 0.25) is 0 Å². The van der Waals surface area contributed by atoms with Crippen molar-refractivity contribution in [3.8, 4) is 0 Å². The molecular weight excluding hydrogens is 320 g/mol. The zero-order valence-corrected chi connectivity index (χ0v) is 14.1. The second kappa shape index (κ2) is 6.20. The summed E-state index contributed by atoms with van der Waals surface area (Å²) in [5.74, 6) is -1.90. The van der Waals surface area contributed by atoms with Gasteiger partial charge in [0.15, 0.2) is 5.78 Å². The van der Waals surface area contributed by atoms with Crippen LogP contribution in [0.15, 0.2) is 59.4 Å². The topological polar surface area (TPSA) is 95.5 Å². The minimum atomic E-state index is -1.37. The molecule has 2 aliphatic carbocycles. The van der Waals surface area contributed by atoms with Gasteiger partial charge in [0.05, 0.1) is 12.0 Å². The maximum absolute atomic E-state index is 12.7. The SMILES string of the molecule is CC(C)(NC(=O)C1=CC2NC3=C(CC=CC=C3)C(=O)C2C=C1)C(=O)O. The number of Topliss-reactive ketones (excluding diaryl/α,β-unsaturated/α-hetero) is 1. The van der Waals surface area contributed by atoms with E-state index in [1.807, 2.05) is 24.3 Å². The summed E-state index contributed by atoms with van der Waals surface area (Å²) in [6.45, 7) is 2.85. The molecule has 0 radical (unpaired) electrons. The summed E-state index contributed by atoms with van der Waals surface area (Å²) in [5, 5.41) is 14.9. The van der Waals surface area contributed by atoms with E-state index in [0.29, 0.717) is 12.0 Å². The van der Waals surface area contributed by atoms with Crippen LogP contribution in [0.5, 0.6) is 0 Å². The van der Waals surface area contributed by atoms with Crippen LogP contribution in [0.4, 0.5) is 0 Å². The summed E-state index contributed by atoms with van der Waals surface area (Å²) < 4.78 is 0. The fraction of sp³-hybridized carbons (Fsp3) is 0.316. The third kappa shape index (κ3) is 3.20. The minimum Gasteiger partial charge on any atom is -0.480 e. The molecule has 0 aromatic heterocycles. The molecule has 6 heteroatoms. The van der Waals surface area contributed by atoms with E-state index in [4.69, 9.17) is 5.11 Å². The van der Waals surface area contributed by atoms with Gasteiger partial charge < -0.3 is 15.7 Å². The fourth-order valence-corrected chi connectivity index (χ4v) is 3.00. The predicted molar refractivity (Wildman–Crippen MR) is 92.4 cm³/mol. The third-order valence-corrected chi connectivity index (χ3v) is 4.53. The number of carbonyl (C=O) groups is 3. The molecule has 1 aliphatic heterocycles. The van der Waals surface area contributed by atoms with Gasteiger partial charge in [-0.25, -0.2) is 4.79 Å². The van der Waals surface area contributed by atoms with Gasteiger partial charge in [-0.3, -0.25) is 9.59 Å². The molecule has 0 aromatic carbocycles. The Morgan fingerprint density at radius 1 is 1.28 bits per heavy atom. The summed E-state index contributed by atoms with van der Waals surface area (Å²) in [4.78, 5) is 36.3. The molecule has 0 bridgehead atoms. The highest BCUT2D eigenvalue weighted by Crippen LogP contribution is 2.30. The molecule has 0 spiro atoms. The maximum atomic E-state index is 12.7. The maximum Gasteiger partial charge on any atom is 0.328 e. The summed E-state index contributed by atoms with van der Waals surface area (Å²) in [5.41, 5.74) is 0.484. The lowest BCUT2D eigenvalue weighted by Crippen LogP contribution is -2.51. The molecule has 0 aromatic rings. The van der Waals surface area contributed by atoms with Crippen LogP contribution in [-0.4, -0.2) is 34.3 Å². The Bertz CT molecular complexity index is 796. The van der Waals surface area contributed by atoms with E-state index in [1.165, 1.54) is 13.8 Å². The first-order valence-corrected chi connectivity index (χ1v) is 8.12. The van der Waals surface area contributed by atoms with Gasteiger partial charge in [0, 0.05) is 16.8 Å². The zero-order chi connectivity index (χ0) is 18.2. The highest BCUT2D eigenvalue weighted by molar-refractivity contribution is 6.04. The molecule has 1 heterocycles. The van der Waals surface area contributed by atoms with Crippen molar-refractivity contribution in [2.24, 2.45) is 5.92 Å². The third-order valence-electron chi connectivity index (χ3n) is 4.53. The summed E-state index contributed by atoms with van der Waals surface area (Å²) in [6.07, 6.45) is 13.1. The lowest BCUT2D eigenvalue weighted by Gasteiger charge is -2.33. The Hall–Kier alpha value is -2.89. The number of aliphatic carboxylic acids is 1. The number of amides is 1. The fourth-order valence-electron chi connectivity index (χ4n) is 3.00. The molecule has 25 heavy (non-hydrogen) atoms. The lowest BCUT2D eigenvalue weighted by molar-refractivity contribution is -0.145. The molecule has 0 saturated carbocycles. The number of hydrogen-bond acceptors (Lipinski definition) is 4. The molecule has 2 unspecified atom stereocenters. The van der Waals surface area contributed by atoms with E-state index in [9.17, 15) is 14.4 Å². The Labute approximate surface area is 145 Å². The van der Waals surface area contributed by atoms with Gasteiger partial charge in [-0.2, -0.15) is 0 Å².